The highest BCUT2D eigenvalue weighted by molar-refractivity contribution is 5.75. The molecular weight excluding hydrogens is 210 g/mol. The smallest absolute Gasteiger partial charge is 0.222 e. The lowest BCUT2D eigenvalue weighted by Gasteiger charge is -2.17. The Morgan fingerprint density at radius 3 is 2.29 bits per heavy atom. The second kappa shape index (κ2) is 6.43. The fourth-order valence-corrected chi connectivity index (χ4v) is 1.77. The van der Waals surface area contributed by atoms with Crippen molar-refractivity contribution in [1.29, 1.82) is 0 Å². The molecule has 0 spiro atoms. The predicted molar refractivity (Wildman–Crippen MR) is 71.9 cm³/mol. The van der Waals surface area contributed by atoms with Crippen LogP contribution in [0.15, 0.2) is 24.3 Å². The Morgan fingerprint density at radius 2 is 1.82 bits per heavy atom. The van der Waals surface area contributed by atoms with E-state index in [9.17, 15) is 4.79 Å². The summed E-state index contributed by atoms with van der Waals surface area (Å²) in [5.41, 5.74) is 2.54. The molecule has 0 heterocycles. The Kier molecular flexibility index (Phi) is 5.20. The molecule has 1 aromatic carbocycles. The lowest BCUT2D eigenvalue weighted by molar-refractivity contribution is -0.130. The van der Waals surface area contributed by atoms with Crippen molar-refractivity contribution in [3.8, 4) is 0 Å². The molecule has 0 atom stereocenters. The van der Waals surface area contributed by atoms with E-state index in [1.165, 1.54) is 11.1 Å². The maximum absolute atomic E-state index is 11.6. The summed E-state index contributed by atoms with van der Waals surface area (Å²) >= 11 is 0. The minimum atomic E-state index is 0.223. The molecular formula is C15H23NO. The summed E-state index contributed by atoms with van der Waals surface area (Å²) in [5, 5.41) is 0. The van der Waals surface area contributed by atoms with Crippen LogP contribution < -0.4 is 0 Å². The maximum Gasteiger partial charge on any atom is 0.222 e. The number of nitrogens with zero attached hydrogens (tertiary/aromatic N) is 1. The first-order valence-electron chi connectivity index (χ1n) is 6.37. The van der Waals surface area contributed by atoms with E-state index >= 15 is 0 Å². The van der Waals surface area contributed by atoms with E-state index in [1.54, 1.807) is 4.90 Å². The summed E-state index contributed by atoms with van der Waals surface area (Å²) < 4.78 is 0. The van der Waals surface area contributed by atoms with Crippen molar-refractivity contribution in [2.24, 2.45) is 0 Å². The van der Waals surface area contributed by atoms with Crippen LogP contribution in [0.3, 0.4) is 0 Å². The van der Waals surface area contributed by atoms with Crippen molar-refractivity contribution < 1.29 is 4.79 Å². The number of carbonyl (C=O) groups excluding carboxylic acids is 1. The molecule has 0 radical (unpaired) electrons. The third-order valence-corrected chi connectivity index (χ3v) is 2.96. The molecule has 94 valence electrons. The standard InChI is InChI=1S/C15H23NO/c1-5-6-15(17)16(4)11-13-7-9-14(10-8-13)12(2)3/h7-10,12H,5-6,11H2,1-4H3. The molecule has 0 saturated heterocycles. The van der Waals surface area contributed by atoms with Gasteiger partial charge in [-0.3, -0.25) is 4.79 Å². The molecule has 0 saturated carbocycles. The molecule has 0 aliphatic rings. The van der Waals surface area contributed by atoms with Gasteiger partial charge in [-0.25, -0.2) is 0 Å². The fraction of sp³-hybridized carbons (Fsp3) is 0.533. The number of rotatable bonds is 5. The second-order valence-corrected chi connectivity index (χ2v) is 4.90. The lowest BCUT2D eigenvalue weighted by atomic mass is 10.0. The van der Waals surface area contributed by atoms with Crippen LogP contribution in [0.2, 0.25) is 0 Å². The van der Waals surface area contributed by atoms with Gasteiger partial charge in [0, 0.05) is 20.0 Å². The quantitative estimate of drug-likeness (QED) is 0.761. The highest BCUT2D eigenvalue weighted by Gasteiger charge is 2.08. The zero-order chi connectivity index (χ0) is 12.8. The van der Waals surface area contributed by atoms with Crippen molar-refractivity contribution in [2.75, 3.05) is 7.05 Å². The summed E-state index contributed by atoms with van der Waals surface area (Å²) in [7, 11) is 1.87. The molecule has 1 amide bonds. The first-order valence-corrected chi connectivity index (χ1v) is 6.37. The van der Waals surface area contributed by atoms with Gasteiger partial charge in [-0.2, -0.15) is 0 Å². The Balaban J connectivity index is 2.60. The molecule has 2 nitrogen and oxygen atoms in total. The van der Waals surface area contributed by atoms with Gasteiger partial charge in [-0.15, -0.1) is 0 Å². The van der Waals surface area contributed by atoms with Gasteiger partial charge in [0.25, 0.3) is 0 Å². The summed E-state index contributed by atoms with van der Waals surface area (Å²) in [6.07, 6.45) is 1.55. The molecule has 0 unspecified atom stereocenters. The van der Waals surface area contributed by atoms with E-state index < -0.39 is 0 Å². The molecule has 0 aliphatic carbocycles. The molecule has 0 fully saturated rings. The topological polar surface area (TPSA) is 20.3 Å². The molecule has 0 aliphatic heterocycles. The summed E-state index contributed by atoms with van der Waals surface area (Å²) in [6, 6.07) is 8.53. The largest absolute Gasteiger partial charge is 0.341 e. The van der Waals surface area contributed by atoms with E-state index in [-0.39, 0.29) is 5.91 Å². The van der Waals surface area contributed by atoms with Gasteiger partial charge in [0.2, 0.25) is 5.91 Å². The van der Waals surface area contributed by atoms with Crippen LogP contribution in [-0.4, -0.2) is 17.9 Å². The Morgan fingerprint density at radius 1 is 1.24 bits per heavy atom. The molecule has 0 aromatic heterocycles. The van der Waals surface area contributed by atoms with E-state index in [2.05, 4.69) is 38.1 Å². The van der Waals surface area contributed by atoms with Crippen LogP contribution in [0.5, 0.6) is 0 Å². The maximum atomic E-state index is 11.6. The van der Waals surface area contributed by atoms with Crippen LogP contribution in [-0.2, 0) is 11.3 Å². The van der Waals surface area contributed by atoms with Crippen LogP contribution in [0, 0.1) is 0 Å². The van der Waals surface area contributed by atoms with Crippen molar-refractivity contribution in [3.63, 3.8) is 0 Å². The zero-order valence-electron chi connectivity index (χ0n) is 11.4. The minimum absolute atomic E-state index is 0.223. The molecule has 1 rings (SSSR count). The Labute approximate surface area is 105 Å². The highest BCUT2D eigenvalue weighted by atomic mass is 16.2. The van der Waals surface area contributed by atoms with Crippen LogP contribution in [0.25, 0.3) is 0 Å². The lowest BCUT2D eigenvalue weighted by Crippen LogP contribution is -2.25. The number of hydrogen-bond acceptors (Lipinski definition) is 1. The van der Waals surface area contributed by atoms with Crippen LogP contribution in [0.1, 0.15) is 50.7 Å². The van der Waals surface area contributed by atoms with E-state index in [4.69, 9.17) is 0 Å². The average molecular weight is 233 g/mol. The normalized spacial score (nSPS) is 10.6. The number of benzene rings is 1. The SMILES string of the molecule is CCCC(=O)N(C)Cc1ccc(C(C)C)cc1. The van der Waals surface area contributed by atoms with Crippen molar-refractivity contribution >= 4 is 5.91 Å². The van der Waals surface area contributed by atoms with Gasteiger partial charge >= 0.3 is 0 Å². The minimum Gasteiger partial charge on any atom is -0.341 e. The summed E-state index contributed by atoms with van der Waals surface area (Å²) in [6.45, 7) is 7.11. The van der Waals surface area contributed by atoms with E-state index in [0.717, 1.165) is 6.42 Å². The van der Waals surface area contributed by atoms with Crippen molar-refractivity contribution in [2.45, 2.75) is 46.1 Å². The number of hydrogen-bond donors (Lipinski definition) is 0. The first-order chi connectivity index (χ1) is 8.04. The third kappa shape index (κ3) is 4.22. The second-order valence-electron chi connectivity index (χ2n) is 4.90. The van der Waals surface area contributed by atoms with Crippen molar-refractivity contribution in [3.05, 3.63) is 35.4 Å². The average Bonchev–Trinajstić information content (AvgIpc) is 2.30. The van der Waals surface area contributed by atoms with E-state index in [0.29, 0.717) is 18.9 Å². The third-order valence-electron chi connectivity index (χ3n) is 2.96. The number of carbonyl (C=O) groups is 1. The Hall–Kier alpha value is -1.31. The van der Waals surface area contributed by atoms with Gasteiger partial charge in [0.15, 0.2) is 0 Å². The molecule has 0 N–H and O–H groups in total. The highest BCUT2D eigenvalue weighted by Crippen LogP contribution is 2.15. The fourth-order valence-electron chi connectivity index (χ4n) is 1.77. The van der Waals surface area contributed by atoms with Crippen LogP contribution in [0.4, 0.5) is 0 Å². The van der Waals surface area contributed by atoms with Gasteiger partial charge in [0.05, 0.1) is 0 Å². The van der Waals surface area contributed by atoms with Crippen LogP contribution >= 0.6 is 0 Å². The number of amides is 1. The van der Waals surface area contributed by atoms with E-state index in [1.807, 2.05) is 14.0 Å². The summed E-state index contributed by atoms with van der Waals surface area (Å²) in [5.74, 6) is 0.781. The van der Waals surface area contributed by atoms with Gasteiger partial charge in [-0.05, 0) is 23.5 Å². The molecule has 1 aromatic rings. The monoisotopic (exact) mass is 233 g/mol. The Bertz CT molecular complexity index is 354. The predicted octanol–water partition coefficient (Wildman–Crippen LogP) is 3.57. The zero-order valence-corrected chi connectivity index (χ0v) is 11.4. The first kappa shape index (κ1) is 13.8. The molecule has 0 bridgehead atoms. The van der Waals surface area contributed by atoms with Gasteiger partial charge < -0.3 is 4.90 Å². The van der Waals surface area contributed by atoms with Gasteiger partial charge in [0.1, 0.15) is 0 Å². The molecule has 2 heteroatoms. The van der Waals surface area contributed by atoms with Crippen molar-refractivity contribution in [1.82, 2.24) is 4.90 Å². The van der Waals surface area contributed by atoms with Gasteiger partial charge in [-0.1, -0.05) is 45.0 Å². The summed E-state index contributed by atoms with van der Waals surface area (Å²) in [4.78, 5) is 13.4. The molecule has 17 heavy (non-hydrogen) atoms.